The van der Waals surface area contributed by atoms with Crippen LogP contribution < -0.4 is 5.32 Å². The first-order valence-electron chi connectivity index (χ1n) is 6.90. The van der Waals surface area contributed by atoms with Gasteiger partial charge in [0.15, 0.2) is 0 Å². The molecule has 0 aromatic carbocycles. The molecule has 2 aliphatic rings. The van der Waals surface area contributed by atoms with Crippen molar-refractivity contribution in [3.8, 4) is 0 Å². The summed E-state index contributed by atoms with van der Waals surface area (Å²) in [5.41, 5.74) is 2.62. The largest absolute Gasteiger partial charge is 0.336 e. The zero-order valence-corrected chi connectivity index (χ0v) is 12.1. The Morgan fingerprint density at radius 1 is 1.42 bits per heavy atom. The lowest BCUT2D eigenvalue weighted by atomic mass is 10.2. The van der Waals surface area contributed by atoms with Gasteiger partial charge >= 0.3 is 0 Å². The van der Waals surface area contributed by atoms with E-state index in [0.717, 1.165) is 56.3 Å². The third kappa shape index (κ3) is 2.66. The zero-order chi connectivity index (χ0) is 13.2. The van der Waals surface area contributed by atoms with Crippen molar-refractivity contribution >= 4 is 17.2 Å². The van der Waals surface area contributed by atoms with E-state index >= 15 is 0 Å². The number of likely N-dealkylation sites (tertiary alicyclic amines) is 1. The number of aryl methyl sites for hydroxylation is 1. The van der Waals surface area contributed by atoms with Gasteiger partial charge in [0.2, 0.25) is 0 Å². The minimum atomic E-state index is 0.164. The van der Waals surface area contributed by atoms with Crippen LogP contribution in [0.25, 0.3) is 0 Å². The number of piperazine rings is 1. The molecule has 19 heavy (non-hydrogen) atoms. The number of hydrogen-bond acceptors (Lipinski definition) is 5. The quantitative estimate of drug-likeness (QED) is 0.860. The van der Waals surface area contributed by atoms with Crippen molar-refractivity contribution in [2.45, 2.75) is 19.4 Å². The molecule has 3 rings (SSSR count). The maximum absolute atomic E-state index is 12.4. The summed E-state index contributed by atoms with van der Waals surface area (Å²) in [6.45, 7) is 8.00. The summed E-state index contributed by atoms with van der Waals surface area (Å²) < 4.78 is 0. The molecule has 104 valence electrons. The van der Waals surface area contributed by atoms with Gasteiger partial charge in [0.25, 0.3) is 5.91 Å². The van der Waals surface area contributed by atoms with Gasteiger partial charge in [-0.05, 0) is 13.3 Å². The van der Waals surface area contributed by atoms with E-state index < -0.39 is 0 Å². The lowest BCUT2D eigenvalue weighted by Gasteiger charge is -2.32. The monoisotopic (exact) mass is 280 g/mol. The maximum atomic E-state index is 12.4. The van der Waals surface area contributed by atoms with Crippen LogP contribution in [0.2, 0.25) is 0 Å². The maximum Gasteiger partial charge on any atom is 0.265 e. The van der Waals surface area contributed by atoms with E-state index in [1.165, 1.54) is 11.3 Å². The van der Waals surface area contributed by atoms with Crippen molar-refractivity contribution in [1.29, 1.82) is 0 Å². The average Bonchev–Trinajstić information content (AvgIpc) is 3.08. The van der Waals surface area contributed by atoms with E-state index in [0.29, 0.717) is 6.04 Å². The van der Waals surface area contributed by atoms with Crippen molar-refractivity contribution < 1.29 is 4.79 Å². The van der Waals surface area contributed by atoms with Gasteiger partial charge in [0, 0.05) is 45.3 Å². The van der Waals surface area contributed by atoms with Gasteiger partial charge in [-0.15, -0.1) is 11.3 Å². The second kappa shape index (κ2) is 5.56. The summed E-state index contributed by atoms with van der Waals surface area (Å²) >= 11 is 1.46. The molecule has 1 amide bonds. The molecule has 1 unspecified atom stereocenters. The molecule has 0 saturated carbocycles. The molecule has 0 radical (unpaired) electrons. The van der Waals surface area contributed by atoms with Crippen molar-refractivity contribution in [2.24, 2.45) is 0 Å². The minimum Gasteiger partial charge on any atom is -0.336 e. The first-order chi connectivity index (χ1) is 9.25. The van der Waals surface area contributed by atoms with Gasteiger partial charge in [-0.3, -0.25) is 9.69 Å². The Morgan fingerprint density at radius 2 is 2.21 bits per heavy atom. The van der Waals surface area contributed by atoms with E-state index in [1.807, 2.05) is 11.8 Å². The molecule has 6 heteroatoms. The molecule has 3 heterocycles. The molecule has 1 atom stereocenters. The topological polar surface area (TPSA) is 48.5 Å². The fourth-order valence-corrected chi connectivity index (χ4v) is 3.69. The second-order valence-electron chi connectivity index (χ2n) is 5.25. The van der Waals surface area contributed by atoms with Crippen LogP contribution in [0.1, 0.15) is 21.8 Å². The van der Waals surface area contributed by atoms with Crippen LogP contribution in [0.5, 0.6) is 0 Å². The first-order valence-corrected chi connectivity index (χ1v) is 7.78. The lowest BCUT2D eigenvalue weighted by Crippen LogP contribution is -2.49. The number of nitrogens with one attached hydrogen (secondary N) is 1. The Bertz CT molecular complexity index is 455. The Kier molecular flexibility index (Phi) is 3.81. The van der Waals surface area contributed by atoms with Gasteiger partial charge < -0.3 is 10.2 Å². The second-order valence-corrected chi connectivity index (χ2v) is 6.10. The third-order valence-corrected chi connectivity index (χ3v) is 4.97. The summed E-state index contributed by atoms with van der Waals surface area (Å²) in [5.74, 6) is 0.164. The molecule has 0 bridgehead atoms. The molecule has 1 aromatic heterocycles. The first kappa shape index (κ1) is 13.0. The lowest BCUT2D eigenvalue weighted by molar-refractivity contribution is 0.0777. The van der Waals surface area contributed by atoms with E-state index in [1.54, 1.807) is 5.51 Å². The number of nitrogens with zero attached hydrogens (tertiary/aromatic N) is 3. The summed E-state index contributed by atoms with van der Waals surface area (Å²) in [6.07, 6.45) is 1.10. The molecule has 2 aliphatic heterocycles. The Morgan fingerprint density at radius 3 is 2.89 bits per heavy atom. The molecule has 0 aliphatic carbocycles. The summed E-state index contributed by atoms with van der Waals surface area (Å²) in [4.78, 5) is 21.9. The molecule has 2 saturated heterocycles. The number of carbonyl (C=O) groups excluding carboxylic acids is 1. The third-order valence-electron chi connectivity index (χ3n) is 4.06. The SMILES string of the molecule is Cc1ncsc1C(=O)N1CCC(N2CCNCC2)C1. The van der Waals surface area contributed by atoms with Crippen LogP contribution in [-0.4, -0.2) is 66.0 Å². The van der Waals surface area contributed by atoms with Gasteiger partial charge in [0.1, 0.15) is 4.88 Å². The highest BCUT2D eigenvalue weighted by Crippen LogP contribution is 2.21. The predicted octanol–water partition coefficient (Wildman–Crippen LogP) is 0.571. The minimum absolute atomic E-state index is 0.164. The molecular weight excluding hydrogens is 260 g/mol. The molecular formula is C13H20N4OS. The molecule has 5 nitrogen and oxygen atoms in total. The highest BCUT2D eigenvalue weighted by Gasteiger charge is 2.32. The fourth-order valence-electron chi connectivity index (χ4n) is 2.92. The Balaban J connectivity index is 1.62. The molecule has 2 fully saturated rings. The normalized spacial score (nSPS) is 24.9. The smallest absolute Gasteiger partial charge is 0.265 e. The van der Waals surface area contributed by atoms with E-state index in [9.17, 15) is 4.79 Å². The van der Waals surface area contributed by atoms with Crippen LogP contribution in [0.15, 0.2) is 5.51 Å². The fraction of sp³-hybridized carbons (Fsp3) is 0.692. The highest BCUT2D eigenvalue weighted by molar-refractivity contribution is 7.11. The zero-order valence-electron chi connectivity index (χ0n) is 11.3. The van der Waals surface area contributed by atoms with Crippen LogP contribution in [-0.2, 0) is 0 Å². The standard InChI is InChI=1S/C13H20N4OS/c1-10-12(19-9-15-10)13(18)17-5-2-11(8-17)16-6-3-14-4-7-16/h9,11,14H,2-8H2,1H3. The van der Waals surface area contributed by atoms with E-state index in [4.69, 9.17) is 0 Å². The van der Waals surface area contributed by atoms with Gasteiger partial charge in [-0.25, -0.2) is 4.98 Å². The van der Waals surface area contributed by atoms with Crippen molar-refractivity contribution in [1.82, 2.24) is 20.1 Å². The predicted molar refractivity (Wildman–Crippen MR) is 75.6 cm³/mol. The van der Waals surface area contributed by atoms with Gasteiger partial charge in [-0.2, -0.15) is 0 Å². The van der Waals surface area contributed by atoms with Crippen LogP contribution in [0.4, 0.5) is 0 Å². The number of thiazole rings is 1. The van der Waals surface area contributed by atoms with Crippen molar-refractivity contribution in [3.05, 3.63) is 16.1 Å². The molecule has 0 spiro atoms. The van der Waals surface area contributed by atoms with Crippen molar-refractivity contribution in [3.63, 3.8) is 0 Å². The number of carbonyl (C=O) groups is 1. The van der Waals surface area contributed by atoms with Crippen LogP contribution in [0.3, 0.4) is 0 Å². The summed E-state index contributed by atoms with van der Waals surface area (Å²) in [5, 5.41) is 3.37. The van der Waals surface area contributed by atoms with Gasteiger partial charge in [-0.1, -0.05) is 0 Å². The molecule has 1 N–H and O–H groups in total. The number of hydrogen-bond donors (Lipinski definition) is 1. The summed E-state index contributed by atoms with van der Waals surface area (Å²) in [7, 11) is 0. The highest BCUT2D eigenvalue weighted by atomic mass is 32.1. The van der Waals surface area contributed by atoms with E-state index in [-0.39, 0.29) is 5.91 Å². The van der Waals surface area contributed by atoms with Crippen LogP contribution >= 0.6 is 11.3 Å². The molecule has 1 aromatic rings. The number of rotatable bonds is 2. The number of amides is 1. The van der Waals surface area contributed by atoms with Crippen LogP contribution in [0, 0.1) is 6.92 Å². The Labute approximate surface area is 117 Å². The van der Waals surface area contributed by atoms with E-state index in [2.05, 4.69) is 15.2 Å². The number of aromatic nitrogens is 1. The Hall–Kier alpha value is -0.980. The van der Waals surface area contributed by atoms with Gasteiger partial charge in [0.05, 0.1) is 11.2 Å². The summed E-state index contributed by atoms with van der Waals surface area (Å²) in [6, 6.07) is 0.541. The average molecular weight is 280 g/mol. The van der Waals surface area contributed by atoms with Crippen molar-refractivity contribution in [2.75, 3.05) is 39.3 Å².